The molecular formula is C15H14Cl2FN. The normalized spacial score (nSPS) is 12.5. The van der Waals surface area contributed by atoms with Crippen LogP contribution in [0.25, 0.3) is 0 Å². The molecule has 0 aliphatic carbocycles. The van der Waals surface area contributed by atoms with Gasteiger partial charge in [-0.05, 0) is 54.3 Å². The van der Waals surface area contributed by atoms with Crippen molar-refractivity contribution < 1.29 is 4.39 Å². The van der Waals surface area contributed by atoms with E-state index in [1.165, 1.54) is 6.07 Å². The molecule has 2 N–H and O–H groups in total. The molecule has 19 heavy (non-hydrogen) atoms. The zero-order chi connectivity index (χ0) is 14.0. The average Bonchev–Trinajstić information content (AvgIpc) is 2.35. The quantitative estimate of drug-likeness (QED) is 0.874. The topological polar surface area (TPSA) is 26.0 Å². The van der Waals surface area contributed by atoms with Gasteiger partial charge in [0, 0.05) is 16.1 Å². The Morgan fingerprint density at radius 2 is 1.74 bits per heavy atom. The van der Waals surface area contributed by atoms with Gasteiger partial charge in [0.2, 0.25) is 0 Å². The van der Waals surface area contributed by atoms with Gasteiger partial charge in [-0.3, -0.25) is 0 Å². The second kappa shape index (κ2) is 5.91. The van der Waals surface area contributed by atoms with Crippen LogP contribution in [0.4, 0.5) is 4.39 Å². The van der Waals surface area contributed by atoms with Gasteiger partial charge >= 0.3 is 0 Å². The van der Waals surface area contributed by atoms with Crippen LogP contribution in [0.5, 0.6) is 0 Å². The fraction of sp³-hybridized carbons (Fsp3) is 0.200. The van der Waals surface area contributed by atoms with Gasteiger partial charge in [0.05, 0.1) is 0 Å². The third kappa shape index (κ3) is 3.47. The number of aryl methyl sites for hydroxylation is 1. The molecule has 100 valence electrons. The van der Waals surface area contributed by atoms with Gasteiger partial charge in [-0.25, -0.2) is 4.39 Å². The molecule has 2 rings (SSSR count). The van der Waals surface area contributed by atoms with Gasteiger partial charge in [-0.2, -0.15) is 0 Å². The Kier molecular flexibility index (Phi) is 4.46. The van der Waals surface area contributed by atoms with E-state index in [-0.39, 0.29) is 11.9 Å². The molecule has 0 spiro atoms. The van der Waals surface area contributed by atoms with E-state index in [4.69, 9.17) is 28.9 Å². The van der Waals surface area contributed by atoms with Crippen LogP contribution < -0.4 is 5.73 Å². The molecule has 0 saturated heterocycles. The third-order valence-electron chi connectivity index (χ3n) is 3.10. The van der Waals surface area contributed by atoms with Crippen LogP contribution in [0.15, 0.2) is 36.4 Å². The van der Waals surface area contributed by atoms with Crippen molar-refractivity contribution in [3.8, 4) is 0 Å². The lowest BCUT2D eigenvalue weighted by atomic mass is 9.96. The Bertz CT molecular complexity index is 599. The predicted octanol–water partition coefficient (Wildman–Crippen LogP) is 4.68. The molecule has 0 aliphatic heterocycles. The summed E-state index contributed by atoms with van der Waals surface area (Å²) in [5, 5.41) is 1.02. The average molecular weight is 298 g/mol. The van der Waals surface area contributed by atoms with Crippen molar-refractivity contribution in [3.05, 3.63) is 69.0 Å². The van der Waals surface area contributed by atoms with Crippen molar-refractivity contribution in [2.75, 3.05) is 0 Å². The highest BCUT2D eigenvalue weighted by atomic mass is 35.5. The van der Waals surface area contributed by atoms with E-state index in [1.807, 2.05) is 25.1 Å². The second-order valence-corrected chi connectivity index (χ2v) is 5.42. The van der Waals surface area contributed by atoms with E-state index in [0.29, 0.717) is 22.0 Å². The Morgan fingerprint density at radius 3 is 2.42 bits per heavy atom. The first kappa shape index (κ1) is 14.3. The Balaban J connectivity index is 2.25. The number of hydrogen-bond donors (Lipinski definition) is 1. The predicted molar refractivity (Wildman–Crippen MR) is 78.2 cm³/mol. The molecule has 1 nitrogen and oxygen atoms in total. The van der Waals surface area contributed by atoms with Crippen LogP contribution in [0, 0.1) is 12.7 Å². The van der Waals surface area contributed by atoms with Gasteiger partial charge in [0.25, 0.3) is 0 Å². The van der Waals surface area contributed by atoms with Crippen LogP contribution in [0.2, 0.25) is 10.0 Å². The first-order chi connectivity index (χ1) is 8.97. The number of benzene rings is 2. The first-order valence-corrected chi connectivity index (χ1v) is 6.68. The smallest absolute Gasteiger partial charge is 0.127 e. The van der Waals surface area contributed by atoms with Gasteiger partial charge in [-0.1, -0.05) is 35.3 Å². The highest BCUT2D eigenvalue weighted by Gasteiger charge is 2.13. The molecule has 0 radical (unpaired) electrons. The number of nitrogens with two attached hydrogens (primary N) is 1. The van der Waals surface area contributed by atoms with Crippen molar-refractivity contribution in [1.82, 2.24) is 0 Å². The Morgan fingerprint density at radius 1 is 1.11 bits per heavy atom. The molecular weight excluding hydrogens is 284 g/mol. The molecule has 0 amide bonds. The van der Waals surface area contributed by atoms with Crippen molar-refractivity contribution in [2.45, 2.75) is 19.4 Å². The summed E-state index contributed by atoms with van der Waals surface area (Å²) < 4.78 is 13.7. The summed E-state index contributed by atoms with van der Waals surface area (Å²) >= 11 is 11.7. The van der Waals surface area contributed by atoms with E-state index in [0.717, 1.165) is 11.1 Å². The summed E-state index contributed by atoms with van der Waals surface area (Å²) in [6, 6.07) is 9.89. The van der Waals surface area contributed by atoms with Crippen LogP contribution in [-0.2, 0) is 6.42 Å². The van der Waals surface area contributed by atoms with E-state index in [2.05, 4.69) is 0 Å². The maximum Gasteiger partial charge on any atom is 0.127 e. The Hall–Kier alpha value is -1.09. The summed E-state index contributed by atoms with van der Waals surface area (Å²) in [6.07, 6.45) is 0.407. The molecule has 0 aromatic heterocycles. The van der Waals surface area contributed by atoms with Crippen LogP contribution in [0.3, 0.4) is 0 Å². The maximum atomic E-state index is 13.7. The minimum absolute atomic E-state index is 0.297. The first-order valence-electron chi connectivity index (χ1n) is 5.93. The van der Waals surface area contributed by atoms with E-state index in [9.17, 15) is 4.39 Å². The summed E-state index contributed by atoms with van der Waals surface area (Å²) in [4.78, 5) is 0. The van der Waals surface area contributed by atoms with Gasteiger partial charge in [-0.15, -0.1) is 0 Å². The van der Waals surface area contributed by atoms with Crippen LogP contribution in [-0.4, -0.2) is 0 Å². The molecule has 1 unspecified atom stereocenters. The molecule has 2 aromatic carbocycles. The van der Waals surface area contributed by atoms with Crippen LogP contribution in [0.1, 0.15) is 22.7 Å². The van der Waals surface area contributed by atoms with Crippen LogP contribution >= 0.6 is 23.2 Å². The van der Waals surface area contributed by atoms with Gasteiger partial charge in [0.1, 0.15) is 5.82 Å². The molecule has 0 aliphatic rings. The minimum atomic E-state index is -0.331. The lowest BCUT2D eigenvalue weighted by Crippen LogP contribution is -2.15. The number of hydrogen-bond acceptors (Lipinski definition) is 1. The molecule has 0 bridgehead atoms. The fourth-order valence-corrected chi connectivity index (χ4v) is 2.38. The number of rotatable bonds is 3. The third-order valence-corrected chi connectivity index (χ3v) is 3.57. The van der Waals surface area contributed by atoms with Crippen molar-refractivity contribution in [2.24, 2.45) is 5.73 Å². The molecule has 2 aromatic rings. The lowest BCUT2D eigenvalue weighted by molar-refractivity contribution is 0.593. The summed E-state index contributed by atoms with van der Waals surface area (Å²) in [5.74, 6) is -0.331. The monoisotopic (exact) mass is 297 g/mol. The second-order valence-electron chi connectivity index (χ2n) is 4.55. The zero-order valence-corrected chi connectivity index (χ0v) is 12.0. The summed E-state index contributed by atoms with van der Waals surface area (Å²) in [7, 11) is 0. The minimum Gasteiger partial charge on any atom is -0.324 e. The molecule has 4 heteroatoms. The van der Waals surface area contributed by atoms with Gasteiger partial charge < -0.3 is 5.73 Å². The highest BCUT2D eigenvalue weighted by Crippen LogP contribution is 2.25. The summed E-state index contributed by atoms with van der Waals surface area (Å²) in [6.45, 7) is 1.96. The zero-order valence-electron chi connectivity index (χ0n) is 10.5. The van der Waals surface area contributed by atoms with E-state index >= 15 is 0 Å². The van der Waals surface area contributed by atoms with Crippen molar-refractivity contribution in [1.29, 1.82) is 0 Å². The van der Waals surface area contributed by atoms with E-state index < -0.39 is 0 Å². The standard InChI is InChI=1S/C15H14Cl2FN/c1-9-2-4-11(16)7-13(9)15(19)6-10-3-5-12(17)8-14(10)18/h2-5,7-8,15H,6,19H2,1H3. The lowest BCUT2D eigenvalue weighted by Gasteiger charge is -2.16. The molecule has 0 saturated carbocycles. The maximum absolute atomic E-state index is 13.7. The highest BCUT2D eigenvalue weighted by molar-refractivity contribution is 6.30. The van der Waals surface area contributed by atoms with Gasteiger partial charge in [0.15, 0.2) is 0 Å². The number of halogens is 3. The van der Waals surface area contributed by atoms with E-state index in [1.54, 1.807) is 12.1 Å². The largest absolute Gasteiger partial charge is 0.324 e. The van der Waals surface area contributed by atoms with Crippen molar-refractivity contribution in [3.63, 3.8) is 0 Å². The SMILES string of the molecule is Cc1ccc(Cl)cc1C(N)Cc1ccc(Cl)cc1F. The molecule has 1 atom stereocenters. The molecule has 0 fully saturated rings. The summed E-state index contributed by atoms with van der Waals surface area (Å²) in [5.41, 5.74) is 8.68. The Labute approximate surface area is 122 Å². The molecule has 0 heterocycles. The van der Waals surface area contributed by atoms with Crippen molar-refractivity contribution >= 4 is 23.2 Å². The fourth-order valence-electron chi connectivity index (χ4n) is 2.04.